The van der Waals surface area contributed by atoms with Gasteiger partial charge in [0.15, 0.2) is 0 Å². The molecule has 1 saturated carbocycles. The van der Waals surface area contributed by atoms with Gasteiger partial charge >= 0.3 is 5.88 Å². The summed E-state index contributed by atoms with van der Waals surface area (Å²) >= 11 is 0. The normalized spacial score (nSPS) is 24.1. The maximum Gasteiger partial charge on any atom is 0.433 e. The highest BCUT2D eigenvalue weighted by atomic mass is 16.6. The molecular formula is C12H18N2O4. The summed E-state index contributed by atoms with van der Waals surface area (Å²) in [5.41, 5.74) is 0. The lowest BCUT2D eigenvalue weighted by atomic mass is 9.86. The van der Waals surface area contributed by atoms with Gasteiger partial charge < -0.3 is 14.8 Å². The van der Waals surface area contributed by atoms with Crippen molar-refractivity contribution in [3.8, 4) is 0 Å². The van der Waals surface area contributed by atoms with Crippen molar-refractivity contribution in [3.63, 3.8) is 0 Å². The smallest absolute Gasteiger partial charge is 0.404 e. The van der Waals surface area contributed by atoms with Gasteiger partial charge in [-0.05, 0) is 24.8 Å². The third-order valence-corrected chi connectivity index (χ3v) is 3.40. The first-order chi connectivity index (χ1) is 8.66. The van der Waals surface area contributed by atoms with E-state index >= 15 is 0 Å². The molecule has 0 bridgehead atoms. The van der Waals surface area contributed by atoms with E-state index in [1.165, 1.54) is 6.07 Å². The Bertz CT molecular complexity index is 405. The predicted octanol–water partition coefficient (Wildman–Crippen LogP) is 1.83. The predicted molar refractivity (Wildman–Crippen MR) is 65.0 cm³/mol. The summed E-state index contributed by atoms with van der Waals surface area (Å²) in [5, 5.41) is 23.4. The summed E-state index contributed by atoms with van der Waals surface area (Å²) in [4.78, 5) is 9.89. The molecule has 6 nitrogen and oxygen atoms in total. The van der Waals surface area contributed by atoms with E-state index in [9.17, 15) is 15.2 Å². The molecule has 1 aromatic rings. The summed E-state index contributed by atoms with van der Waals surface area (Å²) in [6.45, 7) is 1.17. The minimum absolute atomic E-state index is 0.225. The average molecular weight is 254 g/mol. The van der Waals surface area contributed by atoms with Crippen molar-refractivity contribution in [2.24, 2.45) is 5.92 Å². The van der Waals surface area contributed by atoms with Crippen molar-refractivity contribution in [2.75, 3.05) is 6.54 Å². The minimum Gasteiger partial charge on any atom is -0.404 e. The third kappa shape index (κ3) is 3.30. The molecule has 2 N–H and O–H groups in total. The number of hydrogen-bond donors (Lipinski definition) is 2. The maximum atomic E-state index is 10.4. The van der Waals surface area contributed by atoms with Gasteiger partial charge in [-0.25, -0.2) is 0 Å². The van der Waals surface area contributed by atoms with E-state index in [0.717, 1.165) is 32.2 Å². The Kier molecular flexibility index (Phi) is 4.33. The molecule has 1 aliphatic rings. The van der Waals surface area contributed by atoms with E-state index in [4.69, 9.17) is 4.42 Å². The zero-order valence-corrected chi connectivity index (χ0v) is 10.2. The number of nitrogens with one attached hydrogen (secondary N) is 1. The first-order valence-electron chi connectivity index (χ1n) is 6.28. The molecule has 6 heteroatoms. The number of aliphatic hydroxyl groups is 1. The van der Waals surface area contributed by atoms with Crippen LogP contribution in [0, 0.1) is 16.0 Å². The lowest BCUT2D eigenvalue weighted by molar-refractivity contribution is -0.402. The lowest BCUT2D eigenvalue weighted by Gasteiger charge is -2.27. The molecule has 1 fully saturated rings. The molecule has 18 heavy (non-hydrogen) atoms. The fourth-order valence-electron chi connectivity index (χ4n) is 2.37. The topological polar surface area (TPSA) is 88.5 Å². The van der Waals surface area contributed by atoms with E-state index in [1.54, 1.807) is 6.07 Å². The first-order valence-corrected chi connectivity index (χ1v) is 6.28. The molecule has 100 valence electrons. The van der Waals surface area contributed by atoms with Crippen LogP contribution in [0.1, 0.15) is 31.4 Å². The monoisotopic (exact) mass is 254 g/mol. The molecule has 1 heterocycles. The van der Waals surface area contributed by atoms with Gasteiger partial charge in [0, 0.05) is 6.54 Å². The van der Waals surface area contributed by atoms with Gasteiger partial charge in [-0.3, -0.25) is 10.1 Å². The summed E-state index contributed by atoms with van der Waals surface area (Å²) in [6, 6.07) is 2.95. The molecule has 1 aliphatic carbocycles. The van der Waals surface area contributed by atoms with Crippen molar-refractivity contribution in [2.45, 2.75) is 38.3 Å². The Morgan fingerprint density at radius 3 is 2.89 bits per heavy atom. The van der Waals surface area contributed by atoms with Crippen molar-refractivity contribution < 1.29 is 14.4 Å². The molecule has 0 saturated heterocycles. The Morgan fingerprint density at radius 2 is 2.22 bits per heavy atom. The van der Waals surface area contributed by atoms with Crippen LogP contribution in [0.15, 0.2) is 16.5 Å². The van der Waals surface area contributed by atoms with Crippen LogP contribution in [0.2, 0.25) is 0 Å². The molecular weight excluding hydrogens is 236 g/mol. The molecule has 2 unspecified atom stereocenters. The largest absolute Gasteiger partial charge is 0.433 e. The van der Waals surface area contributed by atoms with Crippen molar-refractivity contribution in [1.82, 2.24) is 5.32 Å². The number of nitrogens with zero attached hydrogens (tertiary/aromatic N) is 1. The SMILES string of the molecule is O=[N+]([O-])c1ccc(CNCC2CCCCC2O)o1. The lowest BCUT2D eigenvalue weighted by Crippen LogP contribution is -2.33. The average Bonchev–Trinajstić information content (AvgIpc) is 2.80. The van der Waals surface area contributed by atoms with Crippen LogP contribution in [0.4, 0.5) is 5.88 Å². The Morgan fingerprint density at radius 1 is 1.44 bits per heavy atom. The number of nitro groups is 1. The fraction of sp³-hybridized carbons (Fsp3) is 0.667. The summed E-state index contributed by atoms with van der Waals surface area (Å²) in [7, 11) is 0. The van der Waals surface area contributed by atoms with Crippen LogP contribution in [-0.4, -0.2) is 22.7 Å². The first kappa shape index (κ1) is 13.0. The van der Waals surface area contributed by atoms with Gasteiger partial charge in [-0.2, -0.15) is 0 Å². The summed E-state index contributed by atoms with van der Waals surface area (Å²) in [6.07, 6.45) is 3.94. The molecule has 1 aromatic heterocycles. The standard InChI is InChI=1S/C12H18N2O4/c15-11-4-2-1-3-9(11)7-13-8-10-5-6-12(18-10)14(16)17/h5-6,9,11,13,15H,1-4,7-8H2. The van der Waals surface area contributed by atoms with Gasteiger partial charge in [0.25, 0.3) is 0 Å². The zero-order chi connectivity index (χ0) is 13.0. The summed E-state index contributed by atoms with van der Waals surface area (Å²) < 4.78 is 5.04. The third-order valence-electron chi connectivity index (χ3n) is 3.40. The van der Waals surface area contributed by atoms with E-state index < -0.39 is 4.92 Å². The van der Waals surface area contributed by atoms with Gasteiger partial charge in [0.1, 0.15) is 10.7 Å². The highest BCUT2D eigenvalue weighted by Gasteiger charge is 2.22. The van der Waals surface area contributed by atoms with Crippen LogP contribution in [-0.2, 0) is 6.54 Å². The molecule has 2 atom stereocenters. The Labute approximate surface area is 105 Å². The summed E-state index contributed by atoms with van der Waals surface area (Å²) in [5.74, 6) is 0.597. The van der Waals surface area contributed by atoms with Crippen molar-refractivity contribution in [3.05, 3.63) is 28.0 Å². The fourth-order valence-corrected chi connectivity index (χ4v) is 2.37. The van der Waals surface area contributed by atoms with Crippen LogP contribution in [0.25, 0.3) is 0 Å². The molecule has 0 radical (unpaired) electrons. The maximum absolute atomic E-state index is 10.4. The van der Waals surface area contributed by atoms with Gasteiger partial charge in [0.2, 0.25) is 0 Å². The highest BCUT2D eigenvalue weighted by Crippen LogP contribution is 2.23. The number of aliphatic hydroxyl groups excluding tert-OH is 1. The number of furan rings is 1. The number of hydrogen-bond acceptors (Lipinski definition) is 5. The second kappa shape index (κ2) is 5.97. The molecule has 0 aromatic carbocycles. The minimum atomic E-state index is -0.547. The Balaban J connectivity index is 1.75. The quantitative estimate of drug-likeness (QED) is 0.618. The van der Waals surface area contributed by atoms with E-state index in [1.807, 2.05) is 0 Å². The highest BCUT2D eigenvalue weighted by molar-refractivity contribution is 5.17. The van der Waals surface area contributed by atoms with Crippen LogP contribution in [0.3, 0.4) is 0 Å². The van der Waals surface area contributed by atoms with Gasteiger partial charge in [0.05, 0.1) is 18.7 Å². The van der Waals surface area contributed by atoms with Crippen LogP contribution >= 0.6 is 0 Å². The molecule has 0 aliphatic heterocycles. The molecule has 0 spiro atoms. The number of rotatable bonds is 5. The zero-order valence-electron chi connectivity index (χ0n) is 10.2. The molecule has 0 amide bonds. The van der Waals surface area contributed by atoms with Crippen LogP contribution in [0.5, 0.6) is 0 Å². The van der Waals surface area contributed by atoms with Crippen molar-refractivity contribution in [1.29, 1.82) is 0 Å². The second-order valence-corrected chi connectivity index (χ2v) is 4.74. The van der Waals surface area contributed by atoms with E-state index in [-0.39, 0.29) is 17.9 Å². The van der Waals surface area contributed by atoms with E-state index in [0.29, 0.717) is 12.3 Å². The van der Waals surface area contributed by atoms with E-state index in [2.05, 4.69) is 5.32 Å². The second-order valence-electron chi connectivity index (χ2n) is 4.74. The van der Waals surface area contributed by atoms with Gasteiger partial charge in [-0.1, -0.05) is 12.8 Å². The Hall–Kier alpha value is -1.40. The molecule has 2 rings (SSSR count). The van der Waals surface area contributed by atoms with Crippen LogP contribution < -0.4 is 5.32 Å². The van der Waals surface area contributed by atoms with Crippen molar-refractivity contribution >= 4 is 5.88 Å². The van der Waals surface area contributed by atoms with Gasteiger partial charge in [-0.15, -0.1) is 0 Å².